The van der Waals surface area contributed by atoms with Crippen LogP contribution in [0.2, 0.25) is 0 Å². The van der Waals surface area contributed by atoms with Crippen LogP contribution in [0, 0.1) is 61.4 Å². The fraction of sp³-hybridized carbons (Fsp3) is 0.341. The number of thiophene rings is 3. The van der Waals surface area contributed by atoms with Crippen molar-refractivity contribution in [2.24, 2.45) is 17.8 Å². The Balaban J connectivity index is 0.000000141. The van der Waals surface area contributed by atoms with E-state index >= 15 is 0 Å². The van der Waals surface area contributed by atoms with E-state index in [1.54, 1.807) is 77.7 Å². The van der Waals surface area contributed by atoms with Gasteiger partial charge in [-0.05, 0) is 217 Å². The zero-order valence-corrected chi connectivity index (χ0v) is 62.4. The van der Waals surface area contributed by atoms with E-state index in [2.05, 4.69) is 34.6 Å². The number of hydrogen-bond donors (Lipinski definition) is 0. The van der Waals surface area contributed by atoms with E-state index in [1.807, 2.05) is 107 Å². The number of benzene rings is 3. The number of carbonyl (C=O) groups excluding carboxylic acids is 6. The molecule has 15 nitrogen and oxygen atoms in total. The van der Waals surface area contributed by atoms with E-state index < -0.39 is 17.5 Å². The highest BCUT2D eigenvalue weighted by molar-refractivity contribution is 7.15. The lowest BCUT2D eigenvalue weighted by Gasteiger charge is -2.31. The molecular formula is C85H82F3N9O6S3. The maximum absolute atomic E-state index is 14.9. The Kier molecular flexibility index (Phi) is 23.3. The number of rotatable bonds is 21. The number of imidazole rings is 3. The summed E-state index contributed by atoms with van der Waals surface area (Å²) >= 11 is 4.46. The van der Waals surface area contributed by atoms with Crippen LogP contribution in [0.3, 0.4) is 0 Å². The van der Waals surface area contributed by atoms with Crippen LogP contribution in [-0.4, -0.2) is 78.3 Å². The van der Waals surface area contributed by atoms with Crippen molar-refractivity contribution in [3.63, 3.8) is 0 Å². The van der Waals surface area contributed by atoms with Crippen molar-refractivity contribution in [1.82, 2.24) is 43.6 Å². The third kappa shape index (κ3) is 16.3. The number of ketones is 6. The molecule has 9 heterocycles. The van der Waals surface area contributed by atoms with Crippen LogP contribution in [-0.2, 0) is 0 Å². The first kappa shape index (κ1) is 74.3. The summed E-state index contributed by atoms with van der Waals surface area (Å²) in [6.45, 7) is 9.52. The van der Waals surface area contributed by atoms with Gasteiger partial charge in [0.1, 0.15) is 17.1 Å². The van der Waals surface area contributed by atoms with Crippen LogP contribution in [0.15, 0.2) is 146 Å². The summed E-state index contributed by atoms with van der Waals surface area (Å²) in [5, 5.41) is 0. The van der Waals surface area contributed by atoms with Gasteiger partial charge in [0, 0.05) is 102 Å². The van der Waals surface area contributed by atoms with Gasteiger partial charge in [-0.1, -0.05) is 46.0 Å². The lowest BCUT2D eigenvalue weighted by molar-refractivity contribution is 0.0937. The van der Waals surface area contributed by atoms with Gasteiger partial charge >= 0.3 is 0 Å². The summed E-state index contributed by atoms with van der Waals surface area (Å²) in [6, 6.07) is 37.1. The Hall–Kier alpha value is -10.0. The highest BCUT2D eigenvalue weighted by Crippen LogP contribution is 2.44. The average Bonchev–Trinajstić information content (AvgIpc) is 1.61. The molecule has 0 radical (unpaired) electrons. The Morgan fingerprint density at radius 2 is 0.745 bits per heavy atom. The fourth-order valence-electron chi connectivity index (χ4n) is 15.6. The minimum absolute atomic E-state index is 0.0369. The van der Waals surface area contributed by atoms with Gasteiger partial charge < -0.3 is 13.7 Å². The van der Waals surface area contributed by atoms with Gasteiger partial charge in [-0.3, -0.25) is 28.8 Å². The number of pyridine rings is 3. The van der Waals surface area contributed by atoms with Gasteiger partial charge in [0.05, 0.1) is 52.6 Å². The van der Waals surface area contributed by atoms with Crippen LogP contribution in [0.25, 0.3) is 67.7 Å². The fourth-order valence-corrected chi connectivity index (χ4v) is 18.0. The molecule has 0 aliphatic heterocycles. The normalized spacial score (nSPS) is 18.0. The number of aryl methyl sites for hydroxylation is 2. The zero-order valence-electron chi connectivity index (χ0n) is 60.0. The van der Waals surface area contributed by atoms with Crippen LogP contribution in [0.5, 0.6) is 0 Å². The minimum atomic E-state index is -0.441. The molecule has 106 heavy (non-hydrogen) atoms. The lowest BCUT2D eigenvalue weighted by atomic mass is 9.82. The summed E-state index contributed by atoms with van der Waals surface area (Å²) in [7, 11) is 0. The van der Waals surface area contributed by atoms with E-state index in [1.165, 1.54) is 29.5 Å². The summed E-state index contributed by atoms with van der Waals surface area (Å²) in [4.78, 5) is 108. The molecular weight excluding hydrogens is 1400 g/mol. The minimum Gasteiger partial charge on any atom is -0.319 e. The quantitative estimate of drug-likeness (QED) is 0.0489. The van der Waals surface area contributed by atoms with E-state index in [9.17, 15) is 41.9 Å². The Morgan fingerprint density at radius 1 is 0.425 bits per heavy atom. The number of Topliss-reactive ketones (excluding diaryl/α,β-unsaturated/α-hetero) is 6. The van der Waals surface area contributed by atoms with Gasteiger partial charge in [-0.15, -0.1) is 40.4 Å². The molecule has 0 unspecified atom stereocenters. The highest BCUT2D eigenvalue weighted by atomic mass is 32.1. The maximum atomic E-state index is 14.9. The number of halogens is 3. The molecule has 3 aliphatic carbocycles. The third-order valence-electron chi connectivity index (χ3n) is 20.7. The van der Waals surface area contributed by atoms with E-state index in [4.69, 9.17) is 21.4 Å². The monoisotopic (exact) mass is 1480 g/mol. The third-order valence-corrected chi connectivity index (χ3v) is 23.9. The van der Waals surface area contributed by atoms with Gasteiger partial charge in [0.2, 0.25) is 0 Å². The highest BCUT2D eigenvalue weighted by Gasteiger charge is 2.34. The molecule has 3 fully saturated rings. The van der Waals surface area contributed by atoms with Gasteiger partial charge in [0.25, 0.3) is 0 Å². The summed E-state index contributed by atoms with van der Waals surface area (Å²) < 4.78 is 50.8. The number of nitrogens with zero attached hydrogens (tertiary/aromatic N) is 9. The van der Waals surface area contributed by atoms with Crippen molar-refractivity contribution in [1.29, 1.82) is 0 Å². The molecule has 3 saturated carbocycles. The average molecular weight is 1480 g/mol. The molecule has 3 aromatic carbocycles. The van der Waals surface area contributed by atoms with Gasteiger partial charge in [-0.2, -0.15) is 0 Å². The number of fused-ring (bicyclic) bond motifs is 3. The predicted octanol–water partition coefficient (Wildman–Crippen LogP) is 21.3. The number of hydrogen-bond acceptors (Lipinski definition) is 15. The lowest BCUT2D eigenvalue weighted by Crippen LogP contribution is -2.22. The zero-order chi connectivity index (χ0) is 74.3. The van der Waals surface area contributed by atoms with Crippen LogP contribution >= 0.6 is 34.0 Å². The second kappa shape index (κ2) is 33.2. The molecule has 15 rings (SSSR count). The first-order valence-electron chi connectivity index (χ1n) is 36.6. The van der Waals surface area contributed by atoms with Crippen molar-refractivity contribution in [2.75, 3.05) is 0 Å². The Labute approximate surface area is 625 Å². The topological polar surface area (TPSA) is 195 Å². The van der Waals surface area contributed by atoms with Crippen molar-refractivity contribution in [2.45, 2.75) is 168 Å². The number of terminal acetylenes is 1. The molecule has 21 heteroatoms. The van der Waals surface area contributed by atoms with Crippen molar-refractivity contribution in [3.8, 4) is 46.9 Å². The van der Waals surface area contributed by atoms with Gasteiger partial charge in [-0.25, -0.2) is 43.1 Å². The first-order chi connectivity index (χ1) is 51.4. The molecule has 542 valence electrons. The first-order valence-corrected chi connectivity index (χ1v) is 39.1. The number of carbonyl (C=O) groups is 6. The van der Waals surface area contributed by atoms with E-state index in [-0.39, 0.29) is 87.7 Å². The second-order valence-electron chi connectivity index (χ2n) is 27.9. The molecule has 12 aromatic rings. The Bertz CT molecular complexity index is 5130. The van der Waals surface area contributed by atoms with Crippen LogP contribution in [0.1, 0.15) is 229 Å². The molecule has 0 N–H and O–H groups in total. The smallest absolute Gasteiger partial charge is 0.173 e. The largest absolute Gasteiger partial charge is 0.319 e. The maximum Gasteiger partial charge on any atom is 0.173 e. The number of aromatic nitrogens is 9. The summed E-state index contributed by atoms with van der Waals surface area (Å²) in [5.74, 6) is 4.05. The SMILES string of the molecule is C#Cc1ccc(C(=O)C[C@@H]2CCC[C@H](n3c(-c4ncccc4F)nc4cc(C(=O)CC)ccc43)C2)s1.CCC(=O)c1ccc2c(c1)nc(-c1ncccc1F)n2[C@H]1CCC[C@@H](CC(=O)c2ccc(C)s2)C1.CCC(=O)c1ccc2c(c1)nc(-c1ncccc1F)n2[C@H]1CCC[C@@H](CC(=O)c2ccc(C)s2)C1. The molecule has 0 amide bonds. The molecule has 0 bridgehead atoms. The molecule has 0 spiro atoms. The molecule has 6 atom stereocenters. The van der Waals surface area contributed by atoms with Crippen molar-refractivity contribution >= 4 is 102 Å². The molecule has 0 saturated heterocycles. The van der Waals surface area contributed by atoms with Crippen LogP contribution in [0.4, 0.5) is 13.2 Å². The Morgan fingerprint density at radius 3 is 1.03 bits per heavy atom. The van der Waals surface area contributed by atoms with E-state index in [0.717, 1.165) is 118 Å². The van der Waals surface area contributed by atoms with E-state index in [0.29, 0.717) is 94.1 Å². The second-order valence-corrected chi connectivity index (χ2v) is 31.6. The standard InChI is InChI=1S/C29H26FN3O2S.2C28H28FN3O2S/c1-3-21-11-13-27(36-21)26(35)16-18-7-5-8-20(15-18)33-24-12-10-19(25(34)4-2)17-23(24)32-29(33)28-22(30)9-6-14-31-28;2*1-3-24(33)19-10-11-23-22(16-19)31-28(27-21(29)8-5-13-30-27)32(23)20-7-4-6-18(14-20)15-25(34)26-12-9-17(2)35-26/h1,6,9-14,17-18,20H,4-5,7-8,15-16H2,2H3;2*5,8-13,16,18,20H,3-4,6-7,14-15H2,1-2H3/t3*18-,20+/m111/s1. The summed E-state index contributed by atoms with van der Waals surface area (Å²) in [6.07, 6.45) is 23.9. The van der Waals surface area contributed by atoms with Crippen molar-refractivity contribution < 1.29 is 41.9 Å². The van der Waals surface area contributed by atoms with Crippen molar-refractivity contribution in [3.05, 3.63) is 209 Å². The van der Waals surface area contributed by atoms with Crippen LogP contribution < -0.4 is 0 Å². The molecule has 3 aliphatic rings. The predicted molar refractivity (Wildman–Crippen MR) is 413 cm³/mol. The van der Waals surface area contributed by atoms with Gasteiger partial charge in [0.15, 0.2) is 69.6 Å². The summed E-state index contributed by atoms with van der Waals surface area (Å²) in [5.41, 5.74) is 6.96. The molecule has 9 aromatic heterocycles.